The largest absolute Gasteiger partial charge is 0.330 e. The number of hydrogen-bond acceptors (Lipinski definition) is 2. The second-order valence-corrected chi connectivity index (χ2v) is 5.24. The van der Waals surface area contributed by atoms with E-state index in [9.17, 15) is 9.59 Å². The molecule has 0 heterocycles. The van der Waals surface area contributed by atoms with E-state index in [0.29, 0.717) is 11.8 Å². The highest BCUT2D eigenvalue weighted by Gasteiger charge is 2.63. The van der Waals surface area contributed by atoms with Crippen molar-refractivity contribution in [3.05, 3.63) is 11.3 Å². The van der Waals surface area contributed by atoms with Crippen LogP contribution in [0.15, 0.2) is 11.3 Å². The molecule has 2 aliphatic carbocycles. The molecule has 1 amide bonds. The zero-order valence-corrected chi connectivity index (χ0v) is 9.68. The Morgan fingerprint density at radius 1 is 1.33 bits per heavy atom. The van der Waals surface area contributed by atoms with Crippen LogP contribution >= 0.6 is 0 Å². The van der Waals surface area contributed by atoms with E-state index in [1.807, 2.05) is 0 Å². The Hall–Kier alpha value is -1.12. The molecule has 0 aromatic carbocycles. The first-order valence-electron chi connectivity index (χ1n) is 5.37. The van der Waals surface area contributed by atoms with Crippen molar-refractivity contribution < 1.29 is 9.59 Å². The maximum absolute atomic E-state index is 11.6. The average Bonchev–Trinajstić information content (AvgIpc) is 2.49. The maximum atomic E-state index is 11.6. The molecule has 2 atom stereocenters. The van der Waals surface area contributed by atoms with E-state index in [4.69, 9.17) is 0 Å². The van der Waals surface area contributed by atoms with E-state index in [1.54, 1.807) is 6.92 Å². The van der Waals surface area contributed by atoms with E-state index in [-0.39, 0.29) is 17.1 Å². The minimum Gasteiger partial charge on any atom is -0.330 e. The van der Waals surface area contributed by atoms with Crippen molar-refractivity contribution in [2.75, 3.05) is 0 Å². The molecule has 1 N–H and O–H groups in total. The molecule has 0 radical (unpaired) electrons. The van der Waals surface area contributed by atoms with Crippen molar-refractivity contribution in [1.82, 2.24) is 5.32 Å². The molecule has 0 unspecified atom stereocenters. The smallest absolute Gasteiger partial charge is 0.221 e. The highest BCUT2D eigenvalue weighted by atomic mass is 16.1. The van der Waals surface area contributed by atoms with Gasteiger partial charge in [-0.1, -0.05) is 13.8 Å². The lowest BCUT2D eigenvalue weighted by molar-refractivity contribution is -0.118. The third-order valence-electron chi connectivity index (χ3n) is 3.82. The van der Waals surface area contributed by atoms with Gasteiger partial charge in [0.2, 0.25) is 5.91 Å². The lowest BCUT2D eigenvalue weighted by Gasteiger charge is -2.14. The second kappa shape index (κ2) is 2.94. The van der Waals surface area contributed by atoms with Gasteiger partial charge in [0.05, 0.1) is 0 Å². The summed E-state index contributed by atoms with van der Waals surface area (Å²) in [6.45, 7) is 7.46. The SMILES string of the molecule is CC(=O)NC1=C(C(C)=O)[C@@H]2[C@H](C1)C2(C)C. The van der Waals surface area contributed by atoms with Gasteiger partial charge in [-0.2, -0.15) is 0 Å². The van der Waals surface area contributed by atoms with Crippen LogP contribution in [0.3, 0.4) is 0 Å². The normalized spacial score (nSPS) is 31.2. The summed E-state index contributed by atoms with van der Waals surface area (Å²) in [5, 5.41) is 2.79. The molecular formula is C12H17NO2. The molecule has 0 aromatic rings. The molecule has 1 fully saturated rings. The fraction of sp³-hybridized carbons (Fsp3) is 0.667. The van der Waals surface area contributed by atoms with Gasteiger partial charge in [-0.25, -0.2) is 0 Å². The molecule has 3 nitrogen and oxygen atoms in total. The zero-order chi connectivity index (χ0) is 11.4. The summed E-state index contributed by atoms with van der Waals surface area (Å²) < 4.78 is 0. The van der Waals surface area contributed by atoms with Crippen molar-refractivity contribution in [3.63, 3.8) is 0 Å². The Morgan fingerprint density at radius 2 is 1.93 bits per heavy atom. The van der Waals surface area contributed by atoms with Gasteiger partial charge in [0, 0.05) is 18.2 Å². The first-order valence-corrected chi connectivity index (χ1v) is 5.37. The average molecular weight is 207 g/mol. The van der Waals surface area contributed by atoms with Gasteiger partial charge in [0.1, 0.15) is 0 Å². The van der Waals surface area contributed by atoms with E-state index < -0.39 is 0 Å². The Bertz CT molecular complexity index is 379. The van der Waals surface area contributed by atoms with Gasteiger partial charge >= 0.3 is 0 Å². The highest BCUT2D eigenvalue weighted by molar-refractivity contribution is 5.97. The van der Waals surface area contributed by atoms with Crippen molar-refractivity contribution in [1.29, 1.82) is 0 Å². The number of carbonyl (C=O) groups excluding carboxylic acids is 2. The topological polar surface area (TPSA) is 46.2 Å². The minimum atomic E-state index is -0.0807. The van der Waals surface area contributed by atoms with Crippen LogP contribution in [0.2, 0.25) is 0 Å². The van der Waals surface area contributed by atoms with Gasteiger partial charge in [-0.05, 0) is 30.6 Å². The summed E-state index contributed by atoms with van der Waals surface area (Å²) in [6, 6.07) is 0. The van der Waals surface area contributed by atoms with Gasteiger partial charge in [0.25, 0.3) is 0 Å². The standard InChI is InChI=1S/C12H17NO2/c1-6(14)10-9(13-7(2)15)5-8-11(10)12(8,3)4/h8,11H,5H2,1-4H3,(H,13,15)/t8-,11-/m0/s1. The number of fused-ring (bicyclic) bond motifs is 1. The van der Waals surface area contributed by atoms with Crippen LogP contribution < -0.4 is 5.32 Å². The summed E-state index contributed by atoms with van der Waals surface area (Å²) >= 11 is 0. The van der Waals surface area contributed by atoms with Crippen LogP contribution in [-0.2, 0) is 9.59 Å². The number of allylic oxidation sites excluding steroid dienone is 2. The predicted molar refractivity (Wildman–Crippen MR) is 56.9 cm³/mol. The first-order chi connectivity index (χ1) is 6.85. The van der Waals surface area contributed by atoms with Gasteiger partial charge < -0.3 is 5.32 Å². The highest BCUT2D eigenvalue weighted by Crippen LogP contribution is 2.68. The van der Waals surface area contributed by atoms with Gasteiger partial charge in [-0.15, -0.1) is 0 Å². The van der Waals surface area contributed by atoms with E-state index >= 15 is 0 Å². The number of hydrogen-bond donors (Lipinski definition) is 1. The van der Waals surface area contributed by atoms with Crippen LogP contribution in [0.25, 0.3) is 0 Å². The summed E-state index contributed by atoms with van der Waals surface area (Å²) in [6.07, 6.45) is 0.853. The number of carbonyl (C=O) groups is 2. The Balaban J connectivity index is 2.29. The lowest BCUT2D eigenvalue weighted by atomic mass is 9.96. The molecule has 0 aromatic heterocycles. The molecule has 1 saturated carbocycles. The van der Waals surface area contributed by atoms with E-state index in [0.717, 1.165) is 17.7 Å². The van der Waals surface area contributed by atoms with Gasteiger partial charge in [-0.3, -0.25) is 9.59 Å². The zero-order valence-electron chi connectivity index (χ0n) is 9.68. The molecule has 82 valence electrons. The van der Waals surface area contributed by atoms with Crippen LogP contribution in [0.4, 0.5) is 0 Å². The van der Waals surface area contributed by atoms with Gasteiger partial charge in [0.15, 0.2) is 5.78 Å². The van der Waals surface area contributed by atoms with Crippen LogP contribution in [0, 0.1) is 17.3 Å². The number of ketones is 1. The third kappa shape index (κ3) is 1.41. The van der Waals surface area contributed by atoms with Crippen LogP contribution in [-0.4, -0.2) is 11.7 Å². The quantitative estimate of drug-likeness (QED) is 0.748. The third-order valence-corrected chi connectivity index (χ3v) is 3.82. The summed E-state index contributed by atoms with van der Waals surface area (Å²) in [5.74, 6) is 0.954. The predicted octanol–water partition coefficient (Wildman–Crippen LogP) is 1.64. The summed E-state index contributed by atoms with van der Waals surface area (Å²) in [4.78, 5) is 22.5. The molecule has 3 heteroatoms. The van der Waals surface area contributed by atoms with Crippen molar-refractivity contribution in [2.24, 2.45) is 17.3 Å². The second-order valence-electron chi connectivity index (χ2n) is 5.24. The maximum Gasteiger partial charge on any atom is 0.221 e. The summed E-state index contributed by atoms with van der Waals surface area (Å²) in [7, 11) is 0. The van der Waals surface area contributed by atoms with Crippen molar-refractivity contribution >= 4 is 11.7 Å². The van der Waals surface area contributed by atoms with Crippen LogP contribution in [0.5, 0.6) is 0 Å². The molecule has 0 spiro atoms. The molecule has 2 rings (SSSR count). The fourth-order valence-corrected chi connectivity index (χ4v) is 2.98. The minimum absolute atomic E-state index is 0.0807. The number of rotatable bonds is 2. The van der Waals surface area contributed by atoms with Crippen LogP contribution in [0.1, 0.15) is 34.1 Å². The van der Waals surface area contributed by atoms with E-state index in [1.165, 1.54) is 6.92 Å². The Morgan fingerprint density at radius 3 is 2.40 bits per heavy atom. The molecule has 2 aliphatic rings. The van der Waals surface area contributed by atoms with Crippen molar-refractivity contribution in [2.45, 2.75) is 34.1 Å². The molecule has 15 heavy (non-hydrogen) atoms. The molecule has 0 saturated heterocycles. The van der Waals surface area contributed by atoms with E-state index in [2.05, 4.69) is 19.2 Å². The molecule has 0 bridgehead atoms. The van der Waals surface area contributed by atoms with Crippen molar-refractivity contribution in [3.8, 4) is 0 Å². The number of Topliss-reactive ketones (excluding diaryl/α,β-unsaturated/α-hetero) is 1. The monoisotopic (exact) mass is 207 g/mol. The Labute approximate surface area is 89.9 Å². The lowest BCUT2D eigenvalue weighted by Crippen LogP contribution is -2.23. The summed E-state index contributed by atoms with van der Waals surface area (Å²) in [5.41, 5.74) is 1.98. The fourth-order valence-electron chi connectivity index (χ4n) is 2.98. The first kappa shape index (κ1) is 10.4. The number of amides is 1. The number of nitrogens with one attached hydrogen (secondary N) is 1. The molecule has 0 aliphatic heterocycles. The molecular weight excluding hydrogens is 190 g/mol. The Kier molecular flexibility index (Phi) is 2.04.